The number of fused-ring (bicyclic) bond motifs is 2. The van der Waals surface area contributed by atoms with Gasteiger partial charge in [0.25, 0.3) is 0 Å². The van der Waals surface area contributed by atoms with Crippen LogP contribution in [0.5, 0.6) is 5.75 Å². The number of aliphatic hydroxyl groups is 1. The summed E-state index contributed by atoms with van der Waals surface area (Å²) in [5.74, 6) is 0.765. The maximum Gasteiger partial charge on any atom is 0.120 e. The Kier molecular flexibility index (Phi) is 5.45. The molecule has 1 aliphatic rings. The number of nitrogens with zero attached hydrogens (tertiary/aromatic N) is 3. The van der Waals surface area contributed by atoms with Gasteiger partial charge in [-0.05, 0) is 52.9 Å². The highest BCUT2D eigenvalue weighted by molar-refractivity contribution is 5.82. The van der Waals surface area contributed by atoms with Gasteiger partial charge in [-0.25, -0.2) is 4.98 Å². The summed E-state index contributed by atoms with van der Waals surface area (Å²) in [4.78, 5) is 6.75. The Hall–Kier alpha value is -3.15. The summed E-state index contributed by atoms with van der Waals surface area (Å²) < 4.78 is 7.95. The van der Waals surface area contributed by atoms with E-state index in [0.717, 1.165) is 47.4 Å². The molecule has 5 nitrogen and oxygen atoms in total. The molecule has 2 heterocycles. The zero-order chi connectivity index (χ0) is 21.2. The fourth-order valence-electron chi connectivity index (χ4n) is 4.33. The SMILES string of the molecule is Cn1cnc2cc(-c3cccc(OCC(O)CN4CCc5ccccc5C4)c3)ccc21. The zero-order valence-corrected chi connectivity index (χ0v) is 17.7. The van der Waals surface area contributed by atoms with E-state index in [9.17, 15) is 5.11 Å². The molecule has 1 aromatic heterocycles. The van der Waals surface area contributed by atoms with Crippen LogP contribution in [0, 0.1) is 0 Å². The number of β-amino-alcohol motifs (C(OH)–C–C–N with tert-alkyl or cyclic N) is 1. The summed E-state index contributed by atoms with van der Waals surface area (Å²) in [6.07, 6.45) is 2.33. The minimum Gasteiger partial charge on any atom is -0.491 e. The Morgan fingerprint density at radius 3 is 2.74 bits per heavy atom. The van der Waals surface area contributed by atoms with Crippen molar-refractivity contribution in [1.29, 1.82) is 0 Å². The molecular formula is C26H27N3O2. The molecule has 4 aromatic rings. The fraction of sp³-hybridized carbons (Fsp3) is 0.269. The third kappa shape index (κ3) is 4.33. The Balaban J connectivity index is 1.21. The van der Waals surface area contributed by atoms with Gasteiger partial charge < -0.3 is 14.4 Å². The van der Waals surface area contributed by atoms with Gasteiger partial charge in [-0.15, -0.1) is 0 Å². The van der Waals surface area contributed by atoms with E-state index in [4.69, 9.17) is 4.74 Å². The molecule has 3 aromatic carbocycles. The first-order valence-electron chi connectivity index (χ1n) is 10.8. The summed E-state index contributed by atoms with van der Waals surface area (Å²) in [5, 5.41) is 10.5. The highest BCUT2D eigenvalue weighted by Gasteiger charge is 2.18. The van der Waals surface area contributed by atoms with E-state index in [1.165, 1.54) is 11.1 Å². The molecule has 5 heteroatoms. The van der Waals surface area contributed by atoms with Gasteiger partial charge in [0.05, 0.1) is 17.4 Å². The maximum atomic E-state index is 10.5. The first-order chi connectivity index (χ1) is 15.2. The molecule has 0 saturated carbocycles. The van der Waals surface area contributed by atoms with Crippen molar-refractivity contribution < 1.29 is 9.84 Å². The van der Waals surface area contributed by atoms with E-state index in [0.29, 0.717) is 6.54 Å². The van der Waals surface area contributed by atoms with Crippen molar-refractivity contribution in [2.24, 2.45) is 7.05 Å². The lowest BCUT2D eigenvalue weighted by atomic mass is 10.00. The van der Waals surface area contributed by atoms with Crippen LogP contribution in [0.25, 0.3) is 22.2 Å². The summed E-state index contributed by atoms with van der Waals surface area (Å²) >= 11 is 0. The predicted molar refractivity (Wildman–Crippen MR) is 123 cm³/mol. The number of benzene rings is 3. The molecule has 1 aliphatic heterocycles. The third-order valence-corrected chi connectivity index (χ3v) is 6.01. The van der Waals surface area contributed by atoms with Crippen LogP contribution in [0.15, 0.2) is 73.1 Å². The molecule has 158 valence electrons. The number of hydrogen-bond acceptors (Lipinski definition) is 4. The van der Waals surface area contributed by atoms with Gasteiger partial charge in [-0.2, -0.15) is 0 Å². The van der Waals surface area contributed by atoms with Crippen LogP contribution in [-0.2, 0) is 20.0 Å². The average Bonchev–Trinajstić information content (AvgIpc) is 3.18. The van der Waals surface area contributed by atoms with E-state index in [2.05, 4.69) is 58.4 Å². The van der Waals surface area contributed by atoms with Crippen LogP contribution < -0.4 is 4.74 Å². The van der Waals surface area contributed by atoms with E-state index in [-0.39, 0.29) is 6.61 Å². The van der Waals surface area contributed by atoms with Crippen molar-refractivity contribution in [3.8, 4) is 16.9 Å². The van der Waals surface area contributed by atoms with Crippen LogP contribution in [0.4, 0.5) is 0 Å². The van der Waals surface area contributed by atoms with Crippen LogP contribution >= 0.6 is 0 Å². The van der Waals surface area contributed by atoms with Crippen molar-refractivity contribution in [3.05, 3.63) is 84.2 Å². The van der Waals surface area contributed by atoms with E-state index in [1.807, 2.05) is 36.1 Å². The summed E-state index contributed by atoms with van der Waals surface area (Å²) in [5.41, 5.74) is 7.05. The molecule has 1 unspecified atom stereocenters. The summed E-state index contributed by atoms with van der Waals surface area (Å²) in [6, 6.07) is 22.9. The lowest BCUT2D eigenvalue weighted by molar-refractivity contribution is 0.0638. The number of aliphatic hydroxyl groups excluding tert-OH is 1. The molecular weight excluding hydrogens is 386 g/mol. The number of ether oxygens (including phenoxy) is 1. The van der Waals surface area contributed by atoms with Crippen molar-refractivity contribution in [3.63, 3.8) is 0 Å². The number of imidazole rings is 1. The first kappa shape index (κ1) is 19.8. The number of aromatic nitrogens is 2. The van der Waals surface area contributed by atoms with Crippen molar-refractivity contribution >= 4 is 11.0 Å². The number of rotatable bonds is 6. The normalized spacial score (nSPS) is 15.0. The second-order valence-corrected chi connectivity index (χ2v) is 8.31. The molecule has 0 radical (unpaired) electrons. The van der Waals surface area contributed by atoms with Crippen molar-refractivity contribution in [2.75, 3.05) is 19.7 Å². The van der Waals surface area contributed by atoms with Crippen molar-refractivity contribution in [2.45, 2.75) is 19.1 Å². The van der Waals surface area contributed by atoms with Crippen LogP contribution in [0.1, 0.15) is 11.1 Å². The molecule has 0 bridgehead atoms. The van der Waals surface area contributed by atoms with E-state index in [1.54, 1.807) is 0 Å². The number of aryl methyl sites for hydroxylation is 1. The fourth-order valence-corrected chi connectivity index (χ4v) is 4.33. The van der Waals surface area contributed by atoms with Crippen LogP contribution in [0.2, 0.25) is 0 Å². The Morgan fingerprint density at radius 2 is 1.84 bits per heavy atom. The molecule has 5 rings (SSSR count). The molecule has 0 fully saturated rings. The monoisotopic (exact) mass is 413 g/mol. The zero-order valence-electron chi connectivity index (χ0n) is 17.7. The lowest BCUT2D eigenvalue weighted by Gasteiger charge is -2.30. The predicted octanol–water partition coefficient (Wildman–Crippen LogP) is 4.04. The topological polar surface area (TPSA) is 50.5 Å². The van der Waals surface area contributed by atoms with Crippen LogP contribution in [0.3, 0.4) is 0 Å². The van der Waals surface area contributed by atoms with Gasteiger partial charge in [0.2, 0.25) is 0 Å². The van der Waals surface area contributed by atoms with E-state index >= 15 is 0 Å². The summed E-state index contributed by atoms with van der Waals surface area (Å²) in [6.45, 7) is 2.75. The molecule has 31 heavy (non-hydrogen) atoms. The van der Waals surface area contributed by atoms with Gasteiger partial charge in [0.1, 0.15) is 18.5 Å². The third-order valence-electron chi connectivity index (χ3n) is 6.01. The van der Waals surface area contributed by atoms with Gasteiger partial charge in [0.15, 0.2) is 0 Å². The van der Waals surface area contributed by atoms with E-state index < -0.39 is 6.10 Å². The van der Waals surface area contributed by atoms with Crippen molar-refractivity contribution in [1.82, 2.24) is 14.5 Å². The molecule has 1 atom stereocenters. The molecule has 0 amide bonds. The smallest absolute Gasteiger partial charge is 0.120 e. The number of hydrogen-bond donors (Lipinski definition) is 1. The minimum atomic E-state index is -0.529. The maximum absolute atomic E-state index is 10.5. The largest absolute Gasteiger partial charge is 0.491 e. The van der Waals surface area contributed by atoms with Crippen LogP contribution in [-0.4, -0.2) is 45.4 Å². The Morgan fingerprint density at radius 1 is 1.00 bits per heavy atom. The average molecular weight is 414 g/mol. The van der Waals surface area contributed by atoms with Gasteiger partial charge >= 0.3 is 0 Å². The summed E-state index contributed by atoms with van der Waals surface area (Å²) in [7, 11) is 2.00. The Bertz CT molecular complexity index is 1200. The second-order valence-electron chi connectivity index (χ2n) is 8.31. The standard InChI is InChI=1S/C26H27N3O2/c1-28-18-27-25-14-21(9-10-26(25)28)20-7-4-8-24(13-20)31-17-23(30)16-29-12-11-19-5-2-3-6-22(19)15-29/h2-10,13-14,18,23,30H,11-12,15-17H2,1H3. The second kappa shape index (κ2) is 8.53. The quantitative estimate of drug-likeness (QED) is 0.518. The van der Waals surface area contributed by atoms with Gasteiger partial charge in [-0.1, -0.05) is 42.5 Å². The molecule has 0 aliphatic carbocycles. The molecule has 0 spiro atoms. The minimum absolute atomic E-state index is 0.279. The highest BCUT2D eigenvalue weighted by Crippen LogP contribution is 2.27. The van der Waals surface area contributed by atoms with Gasteiger partial charge in [-0.3, -0.25) is 4.90 Å². The lowest BCUT2D eigenvalue weighted by Crippen LogP contribution is -2.38. The molecule has 1 N–H and O–H groups in total. The molecule has 0 saturated heterocycles. The highest BCUT2D eigenvalue weighted by atomic mass is 16.5. The Labute approximate surface area is 182 Å². The first-order valence-corrected chi connectivity index (χ1v) is 10.8. The van der Waals surface area contributed by atoms with Gasteiger partial charge in [0, 0.05) is 26.7 Å².